The number of nitrogens with one attached hydrogen (secondary N) is 1. The minimum Gasteiger partial charge on any atom is -0.451 e. The number of carbonyl (C=O) groups excluding carboxylic acids is 1. The van der Waals surface area contributed by atoms with Crippen LogP contribution in [0.25, 0.3) is 27.4 Å². The topological polar surface area (TPSA) is 89.6 Å². The second-order valence-corrected chi connectivity index (χ2v) is 9.39. The molecule has 0 spiro atoms. The van der Waals surface area contributed by atoms with E-state index >= 15 is 4.39 Å². The first-order valence-electron chi connectivity index (χ1n) is 12.4. The summed E-state index contributed by atoms with van der Waals surface area (Å²) < 4.78 is 23.8. The van der Waals surface area contributed by atoms with Crippen LogP contribution in [0.1, 0.15) is 36.0 Å². The highest BCUT2D eigenvalue weighted by Gasteiger charge is 2.31. The van der Waals surface area contributed by atoms with Gasteiger partial charge in [0.2, 0.25) is 5.43 Å². The van der Waals surface area contributed by atoms with Crippen LogP contribution in [0, 0.1) is 5.82 Å². The van der Waals surface area contributed by atoms with Gasteiger partial charge in [-0.2, -0.15) is 0 Å². The first kappa shape index (κ1) is 22.5. The van der Waals surface area contributed by atoms with Gasteiger partial charge in [0.25, 0.3) is 5.91 Å². The van der Waals surface area contributed by atoms with Gasteiger partial charge < -0.3 is 25.3 Å². The molecular formula is C28H27FN4O3. The molecule has 1 saturated heterocycles. The molecule has 0 unspecified atom stereocenters. The monoisotopic (exact) mass is 486 g/mol. The number of benzene rings is 3. The van der Waals surface area contributed by atoms with Crippen molar-refractivity contribution >= 4 is 33.3 Å². The van der Waals surface area contributed by atoms with E-state index in [0.717, 1.165) is 43.1 Å². The summed E-state index contributed by atoms with van der Waals surface area (Å²) in [5.74, 6) is -0.136. The largest absolute Gasteiger partial charge is 0.451 e. The Morgan fingerprint density at radius 2 is 1.83 bits per heavy atom. The number of rotatable bonds is 6. The smallest absolute Gasteiger partial charge is 0.256 e. The number of halogens is 1. The second kappa shape index (κ2) is 8.95. The quantitative estimate of drug-likeness (QED) is 0.346. The van der Waals surface area contributed by atoms with Crippen molar-refractivity contribution < 1.29 is 13.9 Å². The fourth-order valence-corrected chi connectivity index (χ4v) is 5.25. The highest BCUT2D eigenvalue weighted by atomic mass is 19.1. The van der Waals surface area contributed by atoms with Crippen LogP contribution in [-0.2, 0) is 0 Å². The summed E-state index contributed by atoms with van der Waals surface area (Å²) in [6.45, 7) is 2.38. The average molecular weight is 487 g/mol. The number of hydrogen-bond acceptors (Lipinski definition) is 5. The molecule has 184 valence electrons. The number of pyridine rings is 1. The third-order valence-electron chi connectivity index (χ3n) is 7.05. The Hall–Kier alpha value is -3.91. The van der Waals surface area contributed by atoms with Gasteiger partial charge in [0.05, 0.1) is 11.1 Å². The molecule has 0 saturated carbocycles. The molecule has 0 aliphatic carbocycles. The van der Waals surface area contributed by atoms with Crippen LogP contribution in [0.3, 0.4) is 0 Å². The number of carbonyl (C=O) groups is 1. The summed E-state index contributed by atoms with van der Waals surface area (Å²) >= 11 is 0. The van der Waals surface area contributed by atoms with E-state index in [1.54, 1.807) is 6.20 Å². The standard InChI is InChI=1S/C28H27FN4O3/c29-21-15-19-24-27(25(21)32-11-5-6-12-32)36-23-14-18-8-2-1-7-17(18)13-22(23)33(24)16-20(26(19)34)28(35)31-10-4-3-9-30/h1-2,7-8,13-16H,3-6,9-12,30H2,(H,31,35). The number of hydrogen-bond donors (Lipinski definition) is 2. The van der Waals surface area contributed by atoms with Crippen LogP contribution in [0.2, 0.25) is 0 Å². The fraction of sp³-hybridized carbons (Fsp3) is 0.286. The lowest BCUT2D eigenvalue weighted by Crippen LogP contribution is -2.31. The van der Waals surface area contributed by atoms with Crippen LogP contribution in [0.15, 0.2) is 53.5 Å². The molecular weight excluding hydrogens is 459 g/mol. The van der Waals surface area contributed by atoms with Gasteiger partial charge in [-0.05, 0) is 61.2 Å². The van der Waals surface area contributed by atoms with E-state index < -0.39 is 17.2 Å². The molecule has 0 atom stereocenters. The summed E-state index contributed by atoms with van der Waals surface area (Å²) in [5, 5.41) is 4.90. The van der Waals surface area contributed by atoms with E-state index in [-0.39, 0.29) is 10.9 Å². The molecule has 4 aromatic rings. The lowest BCUT2D eigenvalue weighted by molar-refractivity contribution is 0.0951. The van der Waals surface area contributed by atoms with Crippen LogP contribution < -0.4 is 26.1 Å². The van der Waals surface area contributed by atoms with Crippen molar-refractivity contribution in [1.29, 1.82) is 0 Å². The molecule has 7 nitrogen and oxygen atoms in total. The normalized spacial score (nSPS) is 14.2. The van der Waals surface area contributed by atoms with E-state index in [1.165, 1.54) is 6.07 Å². The highest BCUT2D eigenvalue weighted by Crippen LogP contribution is 2.48. The third kappa shape index (κ3) is 3.60. The average Bonchev–Trinajstić information content (AvgIpc) is 3.41. The van der Waals surface area contributed by atoms with Gasteiger partial charge in [-0.1, -0.05) is 24.3 Å². The van der Waals surface area contributed by atoms with Gasteiger partial charge in [0.15, 0.2) is 17.3 Å². The number of aromatic nitrogens is 1. The molecule has 1 fully saturated rings. The van der Waals surface area contributed by atoms with Crippen molar-refractivity contribution in [3.8, 4) is 17.2 Å². The van der Waals surface area contributed by atoms with Crippen LogP contribution in [0.4, 0.5) is 10.1 Å². The Bertz CT molecular complexity index is 1570. The van der Waals surface area contributed by atoms with Gasteiger partial charge in [-0.3, -0.25) is 9.59 Å². The van der Waals surface area contributed by atoms with Crippen LogP contribution >= 0.6 is 0 Å². The van der Waals surface area contributed by atoms with Crippen molar-refractivity contribution in [1.82, 2.24) is 9.88 Å². The molecule has 0 bridgehead atoms. The number of fused-ring (bicyclic) bond motifs is 3. The van der Waals surface area contributed by atoms with Crippen molar-refractivity contribution in [3.05, 3.63) is 70.3 Å². The van der Waals surface area contributed by atoms with Crippen molar-refractivity contribution in [2.24, 2.45) is 5.73 Å². The Kier molecular flexibility index (Phi) is 5.60. The van der Waals surface area contributed by atoms with E-state index in [0.29, 0.717) is 47.9 Å². The predicted octanol–water partition coefficient (Wildman–Crippen LogP) is 4.46. The molecule has 1 amide bonds. The van der Waals surface area contributed by atoms with Crippen molar-refractivity contribution in [2.75, 3.05) is 31.1 Å². The SMILES string of the molecule is NCCCCNC(=O)c1cn2c3c(c(N4CCCC4)c(F)cc3c1=O)Oc1cc3ccccc3cc1-2. The summed E-state index contributed by atoms with van der Waals surface area (Å²) in [6.07, 6.45) is 4.98. The molecule has 3 aromatic carbocycles. The van der Waals surface area contributed by atoms with Crippen LogP contribution in [0.5, 0.6) is 11.5 Å². The van der Waals surface area contributed by atoms with Gasteiger partial charge in [0.1, 0.15) is 16.8 Å². The molecule has 2 aliphatic rings. The first-order chi connectivity index (χ1) is 17.6. The van der Waals surface area contributed by atoms with E-state index in [1.807, 2.05) is 45.9 Å². The number of nitrogens with zero attached hydrogens (tertiary/aromatic N) is 2. The molecule has 6 rings (SSSR count). The Morgan fingerprint density at radius 3 is 2.58 bits per heavy atom. The minimum absolute atomic E-state index is 0.0319. The Balaban J connectivity index is 1.60. The number of unbranched alkanes of at least 4 members (excludes halogenated alkanes) is 1. The summed E-state index contributed by atoms with van der Waals surface area (Å²) in [4.78, 5) is 28.5. The van der Waals surface area contributed by atoms with Crippen LogP contribution in [-0.4, -0.2) is 36.7 Å². The summed E-state index contributed by atoms with van der Waals surface area (Å²) in [5.41, 5.74) is 6.53. The zero-order valence-corrected chi connectivity index (χ0v) is 19.9. The van der Waals surface area contributed by atoms with Crippen molar-refractivity contribution in [2.45, 2.75) is 25.7 Å². The second-order valence-electron chi connectivity index (χ2n) is 9.39. The maximum absolute atomic E-state index is 15.6. The zero-order valence-electron chi connectivity index (χ0n) is 19.9. The third-order valence-corrected chi connectivity index (χ3v) is 7.05. The lowest BCUT2D eigenvalue weighted by Gasteiger charge is -2.29. The van der Waals surface area contributed by atoms with E-state index in [4.69, 9.17) is 10.5 Å². The zero-order chi connectivity index (χ0) is 24.8. The lowest BCUT2D eigenvalue weighted by atomic mass is 10.0. The van der Waals surface area contributed by atoms with Gasteiger partial charge in [-0.25, -0.2) is 4.39 Å². The molecule has 2 aliphatic heterocycles. The van der Waals surface area contributed by atoms with Crippen molar-refractivity contribution in [3.63, 3.8) is 0 Å². The molecule has 36 heavy (non-hydrogen) atoms. The number of anilines is 1. The summed E-state index contributed by atoms with van der Waals surface area (Å²) in [6, 6.07) is 13.0. The fourth-order valence-electron chi connectivity index (χ4n) is 5.25. The van der Waals surface area contributed by atoms with E-state index in [2.05, 4.69) is 5.32 Å². The molecule has 8 heteroatoms. The van der Waals surface area contributed by atoms with Gasteiger partial charge in [-0.15, -0.1) is 0 Å². The Morgan fingerprint density at radius 1 is 1.08 bits per heavy atom. The summed E-state index contributed by atoms with van der Waals surface area (Å²) in [7, 11) is 0. The molecule has 3 N–H and O–H groups in total. The number of ether oxygens (including phenoxy) is 1. The van der Waals surface area contributed by atoms with Gasteiger partial charge >= 0.3 is 0 Å². The number of nitrogens with two attached hydrogens (primary N) is 1. The first-order valence-corrected chi connectivity index (χ1v) is 12.4. The van der Waals surface area contributed by atoms with Gasteiger partial charge in [0, 0.05) is 25.8 Å². The molecule has 0 radical (unpaired) electrons. The molecule has 1 aromatic heterocycles. The maximum Gasteiger partial charge on any atom is 0.256 e. The highest BCUT2D eigenvalue weighted by molar-refractivity contribution is 6.02. The number of amides is 1. The molecule has 3 heterocycles. The maximum atomic E-state index is 15.6. The predicted molar refractivity (Wildman–Crippen MR) is 139 cm³/mol. The van der Waals surface area contributed by atoms with E-state index in [9.17, 15) is 9.59 Å². The minimum atomic E-state index is -0.521. The Labute approximate surface area is 207 Å².